The lowest BCUT2D eigenvalue weighted by Crippen LogP contribution is -2.46. The third kappa shape index (κ3) is 4.95. The van der Waals surface area contributed by atoms with Gasteiger partial charge < -0.3 is 15.1 Å². The van der Waals surface area contributed by atoms with Crippen LogP contribution >= 0.6 is 0 Å². The number of carboxylic acids is 1. The molecule has 0 saturated carbocycles. The predicted octanol–water partition coefficient (Wildman–Crippen LogP) is 6.06. The molecule has 2 fully saturated rings. The van der Waals surface area contributed by atoms with E-state index in [1.165, 1.54) is 45.5 Å². The van der Waals surface area contributed by atoms with Gasteiger partial charge in [-0.2, -0.15) is 0 Å². The lowest BCUT2D eigenvalue weighted by Gasteiger charge is -2.39. The van der Waals surface area contributed by atoms with E-state index in [2.05, 4.69) is 70.5 Å². The number of allylic oxidation sites excluding steroid dienone is 1. The van der Waals surface area contributed by atoms with E-state index >= 15 is 0 Å². The fourth-order valence-electron chi connectivity index (χ4n) is 7.00. The van der Waals surface area contributed by atoms with Crippen molar-refractivity contribution in [1.82, 2.24) is 4.90 Å². The van der Waals surface area contributed by atoms with Gasteiger partial charge in [0.05, 0.1) is 6.54 Å². The number of phenols is 1. The molecule has 0 radical (unpaired) electrons. The highest BCUT2D eigenvalue weighted by molar-refractivity contribution is 6.00. The van der Waals surface area contributed by atoms with Crippen LogP contribution in [-0.4, -0.2) is 53.8 Å². The van der Waals surface area contributed by atoms with Crippen LogP contribution in [-0.2, 0) is 11.2 Å². The Morgan fingerprint density at radius 3 is 2.45 bits per heavy atom. The number of nitrogens with zero attached hydrogens (tertiary/aromatic N) is 2. The summed E-state index contributed by atoms with van der Waals surface area (Å²) in [6.45, 7) is 3.92. The molecule has 38 heavy (non-hydrogen) atoms. The number of carboxylic acid groups (broad SMARTS) is 1. The molecule has 1 spiro atoms. The Hall–Kier alpha value is -3.57. The quantitative estimate of drug-likeness (QED) is 0.438. The molecule has 0 bridgehead atoms. The number of anilines is 1. The van der Waals surface area contributed by atoms with E-state index in [4.69, 9.17) is 0 Å². The smallest absolute Gasteiger partial charge is 0.317 e. The molecule has 3 aromatic carbocycles. The standard InChI is InChI=1S/C33H36N2O3/c36-28-14-15-30-26(20-28)8-4-9-29(24-6-2-1-3-7-24)32(30)25-10-12-27(13-11-25)35-19-17-33(23-35)16-5-18-34(22-33)21-31(37)38/h1-3,6-7,10-15,20,36H,4-5,8-9,16-19,21-23H2,(H,37,38). The molecule has 2 heterocycles. The summed E-state index contributed by atoms with van der Waals surface area (Å²) in [5.74, 6) is -0.402. The molecule has 2 saturated heterocycles. The zero-order valence-corrected chi connectivity index (χ0v) is 21.9. The average molecular weight is 509 g/mol. The molecule has 5 nitrogen and oxygen atoms in total. The van der Waals surface area contributed by atoms with Gasteiger partial charge in [-0.1, -0.05) is 48.5 Å². The van der Waals surface area contributed by atoms with Crippen molar-refractivity contribution in [3.63, 3.8) is 0 Å². The third-order valence-corrected chi connectivity index (χ3v) is 8.71. The molecule has 1 atom stereocenters. The normalized spacial score (nSPS) is 21.9. The minimum absolute atomic E-state index is 0.147. The van der Waals surface area contributed by atoms with Gasteiger partial charge in [-0.25, -0.2) is 0 Å². The Morgan fingerprint density at radius 2 is 1.66 bits per heavy atom. The molecule has 3 aromatic rings. The van der Waals surface area contributed by atoms with Gasteiger partial charge in [-0.3, -0.25) is 9.69 Å². The van der Waals surface area contributed by atoms with Gasteiger partial charge in [-0.15, -0.1) is 0 Å². The van der Waals surface area contributed by atoms with Gasteiger partial charge >= 0.3 is 5.97 Å². The number of aryl methyl sites for hydroxylation is 1. The number of phenolic OH excluding ortho intramolecular Hbond substituents is 1. The van der Waals surface area contributed by atoms with Crippen molar-refractivity contribution < 1.29 is 15.0 Å². The lowest BCUT2D eigenvalue weighted by molar-refractivity contribution is -0.139. The third-order valence-electron chi connectivity index (χ3n) is 8.71. The van der Waals surface area contributed by atoms with Crippen LogP contribution in [0.1, 0.15) is 54.4 Å². The Balaban J connectivity index is 1.31. The van der Waals surface area contributed by atoms with Crippen LogP contribution in [0.2, 0.25) is 0 Å². The number of rotatable bonds is 5. The number of hydrogen-bond donors (Lipinski definition) is 2. The maximum atomic E-state index is 11.3. The second-order valence-electron chi connectivity index (χ2n) is 11.3. The second kappa shape index (κ2) is 10.3. The van der Waals surface area contributed by atoms with Crippen LogP contribution in [0.15, 0.2) is 72.8 Å². The van der Waals surface area contributed by atoms with Crippen LogP contribution < -0.4 is 4.90 Å². The first-order valence-corrected chi connectivity index (χ1v) is 13.9. The highest BCUT2D eigenvalue weighted by atomic mass is 16.4. The van der Waals surface area contributed by atoms with Gasteiger partial charge in [0.2, 0.25) is 0 Å². The summed E-state index contributed by atoms with van der Waals surface area (Å²) in [7, 11) is 0. The number of fused-ring (bicyclic) bond motifs is 1. The predicted molar refractivity (Wildman–Crippen MR) is 152 cm³/mol. The zero-order valence-electron chi connectivity index (χ0n) is 21.9. The van der Waals surface area contributed by atoms with Crippen molar-refractivity contribution in [2.24, 2.45) is 5.41 Å². The van der Waals surface area contributed by atoms with E-state index in [1.807, 2.05) is 12.1 Å². The van der Waals surface area contributed by atoms with Crippen molar-refractivity contribution in [1.29, 1.82) is 0 Å². The van der Waals surface area contributed by atoms with Crippen molar-refractivity contribution >= 4 is 22.8 Å². The minimum atomic E-state index is -0.730. The summed E-state index contributed by atoms with van der Waals surface area (Å²) in [6, 6.07) is 25.6. The van der Waals surface area contributed by atoms with Gasteiger partial charge in [0.15, 0.2) is 0 Å². The molecule has 2 N–H and O–H groups in total. The highest BCUT2D eigenvalue weighted by Gasteiger charge is 2.41. The van der Waals surface area contributed by atoms with Gasteiger partial charge in [-0.05, 0) is 103 Å². The first-order valence-electron chi connectivity index (χ1n) is 13.9. The van der Waals surface area contributed by atoms with E-state index in [0.717, 1.165) is 58.3 Å². The molecular weight excluding hydrogens is 472 g/mol. The summed E-state index contributed by atoms with van der Waals surface area (Å²) in [4.78, 5) is 15.9. The first kappa shape index (κ1) is 24.7. The SMILES string of the molecule is O=C(O)CN1CCCC2(CCN(c3ccc(C4=C(c5ccccc5)CCCc5cc(O)ccc54)cc3)C2)C1. The van der Waals surface area contributed by atoms with Gasteiger partial charge in [0.1, 0.15) is 5.75 Å². The lowest BCUT2D eigenvalue weighted by atomic mass is 9.79. The molecule has 1 unspecified atom stereocenters. The van der Waals surface area contributed by atoms with E-state index in [-0.39, 0.29) is 12.0 Å². The monoisotopic (exact) mass is 508 g/mol. The summed E-state index contributed by atoms with van der Waals surface area (Å²) in [5, 5.41) is 19.5. The molecule has 1 aliphatic carbocycles. The van der Waals surface area contributed by atoms with Crippen LogP contribution in [0.25, 0.3) is 11.1 Å². The molecule has 0 aromatic heterocycles. The summed E-state index contributed by atoms with van der Waals surface area (Å²) in [6.07, 6.45) is 6.37. The van der Waals surface area contributed by atoms with Crippen molar-refractivity contribution in [3.8, 4) is 5.75 Å². The molecule has 2 aliphatic heterocycles. The second-order valence-corrected chi connectivity index (χ2v) is 11.3. The summed E-state index contributed by atoms with van der Waals surface area (Å²) < 4.78 is 0. The Morgan fingerprint density at radius 1 is 0.842 bits per heavy atom. The van der Waals surface area contributed by atoms with Crippen molar-refractivity contribution in [2.45, 2.75) is 38.5 Å². The fraction of sp³-hybridized carbons (Fsp3) is 0.364. The zero-order chi connectivity index (χ0) is 26.1. The Bertz CT molecular complexity index is 1350. The van der Waals surface area contributed by atoms with Crippen molar-refractivity contribution in [3.05, 3.63) is 95.1 Å². The summed E-state index contributed by atoms with van der Waals surface area (Å²) in [5.41, 5.74) is 8.96. The highest BCUT2D eigenvalue weighted by Crippen LogP contribution is 2.43. The summed E-state index contributed by atoms with van der Waals surface area (Å²) >= 11 is 0. The molecule has 5 heteroatoms. The molecule has 196 valence electrons. The van der Waals surface area contributed by atoms with Gasteiger partial charge in [0, 0.05) is 30.7 Å². The van der Waals surface area contributed by atoms with E-state index < -0.39 is 5.97 Å². The topological polar surface area (TPSA) is 64.0 Å². The van der Waals surface area contributed by atoms with Crippen LogP contribution in [0.5, 0.6) is 5.75 Å². The Kier molecular flexibility index (Phi) is 6.71. The van der Waals surface area contributed by atoms with E-state index in [1.54, 1.807) is 0 Å². The van der Waals surface area contributed by atoms with Crippen molar-refractivity contribution in [2.75, 3.05) is 37.6 Å². The maximum Gasteiger partial charge on any atom is 0.317 e. The number of aromatic hydroxyl groups is 1. The first-order chi connectivity index (χ1) is 18.5. The number of likely N-dealkylation sites (tertiary alicyclic amines) is 1. The number of piperidine rings is 1. The Labute approximate surface area is 225 Å². The maximum absolute atomic E-state index is 11.3. The number of hydrogen-bond acceptors (Lipinski definition) is 4. The molecule has 0 amide bonds. The van der Waals surface area contributed by atoms with Crippen LogP contribution in [0.4, 0.5) is 5.69 Å². The van der Waals surface area contributed by atoms with Gasteiger partial charge in [0.25, 0.3) is 0 Å². The minimum Gasteiger partial charge on any atom is -0.508 e. The fourth-order valence-corrected chi connectivity index (χ4v) is 7.00. The van der Waals surface area contributed by atoms with E-state index in [0.29, 0.717) is 5.75 Å². The average Bonchev–Trinajstić information content (AvgIpc) is 3.21. The number of benzene rings is 3. The molecule has 6 rings (SSSR count). The largest absolute Gasteiger partial charge is 0.508 e. The van der Waals surface area contributed by atoms with Crippen LogP contribution in [0.3, 0.4) is 0 Å². The molecule has 3 aliphatic rings. The molecular formula is C33H36N2O3. The van der Waals surface area contributed by atoms with Crippen LogP contribution in [0, 0.1) is 5.41 Å². The number of aliphatic carboxylic acids is 1. The number of carbonyl (C=O) groups is 1. The van der Waals surface area contributed by atoms with E-state index in [9.17, 15) is 15.0 Å².